The Hall–Kier alpha value is -1.59. The van der Waals surface area contributed by atoms with Gasteiger partial charge in [0.1, 0.15) is 5.82 Å². The lowest BCUT2D eigenvalue weighted by atomic mass is 10.2. The van der Waals surface area contributed by atoms with E-state index in [1.165, 1.54) is 12.1 Å². The molecule has 1 aromatic carbocycles. The molecule has 5 nitrogen and oxygen atoms in total. The Morgan fingerprint density at radius 3 is 2.89 bits per heavy atom. The number of nitrogens with zero attached hydrogens (tertiary/aromatic N) is 3. The Bertz CT molecular complexity index is 583. The van der Waals surface area contributed by atoms with Crippen molar-refractivity contribution in [3.05, 3.63) is 57.1 Å². The molecule has 0 atom stereocenters. The monoisotopic (exact) mass is 285 g/mol. The third kappa shape index (κ3) is 2.63. The molecule has 1 heterocycles. The van der Waals surface area contributed by atoms with Crippen LogP contribution in [0.5, 0.6) is 0 Å². The molecule has 94 valence electrons. The van der Waals surface area contributed by atoms with E-state index in [2.05, 4.69) is 4.98 Å². The minimum atomic E-state index is -0.428. The molecule has 0 N–H and O–H groups in total. The summed E-state index contributed by atoms with van der Waals surface area (Å²) in [7, 11) is 0. The number of alkyl halides is 1. The number of nitro groups is 1. The molecule has 2 aromatic rings. The van der Waals surface area contributed by atoms with Crippen LogP contribution in [-0.2, 0) is 12.4 Å². The highest BCUT2D eigenvalue weighted by atomic mass is 35.5. The molecule has 0 saturated heterocycles. The van der Waals surface area contributed by atoms with Crippen molar-refractivity contribution in [1.29, 1.82) is 0 Å². The summed E-state index contributed by atoms with van der Waals surface area (Å²) in [5, 5.41) is 11.4. The van der Waals surface area contributed by atoms with E-state index < -0.39 is 4.92 Å². The van der Waals surface area contributed by atoms with E-state index in [1.54, 1.807) is 23.0 Å². The first-order valence-electron chi connectivity index (χ1n) is 5.10. The van der Waals surface area contributed by atoms with E-state index in [-0.39, 0.29) is 11.6 Å². The number of nitro benzene ring substituents is 1. The lowest BCUT2D eigenvalue weighted by molar-refractivity contribution is -0.385. The summed E-state index contributed by atoms with van der Waals surface area (Å²) < 4.78 is 1.76. The van der Waals surface area contributed by atoms with Gasteiger partial charge in [-0.25, -0.2) is 4.98 Å². The zero-order valence-electron chi connectivity index (χ0n) is 9.22. The first kappa shape index (κ1) is 12.9. The predicted octanol–water partition coefficient (Wildman–Crippen LogP) is 3.23. The Morgan fingerprint density at radius 1 is 1.44 bits per heavy atom. The molecule has 0 radical (unpaired) electrons. The molecule has 0 saturated carbocycles. The van der Waals surface area contributed by atoms with Crippen molar-refractivity contribution >= 4 is 28.9 Å². The van der Waals surface area contributed by atoms with Gasteiger partial charge in [-0.2, -0.15) is 0 Å². The smallest absolute Gasteiger partial charge is 0.274 e. The minimum absolute atomic E-state index is 0.0358. The van der Waals surface area contributed by atoms with Crippen molar-refractivity contribution in [2.45, 2.75) is 12.4 Å². The van der Waals surface area contributed by atoms with Crippen LogP contribution in [0.3, 0.4) is 0 Å². The topological polar surface area (TPSA) is 61.0 Å². The van der Waals surface area contributed by atoms with Gasteiger partial charge in [-0.15, -0.1) is 11.6 Å². The van der Waals surface area contributed by atoms with E-state index in [0.717, 1.165) is 0 Å². The second kappa shape index (κ2) is 5.37. The van der Waals surface area contributed by atoms with Crippen LogP contribution in [0, 0.1) is 10.1 Å². The Morgan fingerprint density at radius 2 is 2.22 bits per heavy atom. The third-order valence-electron chi connectivity index (χ3n) is 2.50. The van der Waals surface area contributed by atoms with Gasteiger partial charge in [0.15, 0.2) is 0 Å². The summed E-state index contributed by atoms with van der Waals surface area (Å²) in [4.78, 5) is 14.6. The summed E-state index contributed by atoms with van der Waals surface area (Å²) in [6, 6.07) is 4.48. The van der Waals surface area contributed by atoms with Gasteiger partial charge in [-0.1, -0.05) is 11.6 Å². The van der Waals surface area contributed by atoms with E-state index in [9.17, 15) is 10.1 Å². The zero-order chi connectivity index (χ0) is 13.1. The van der Waals surface area contributed by atoms with Gasteiger partial charge in [0, 0.05) is 23.5 Å². The third-order valence-corrected chi connectivity index (χ3v) is 2.97. The molecule has 7 heteroatoms. The van der Waals surface area contributed by atoms with Gasteiger partial charge in [-0.05, 0) is 12.1 Å². The summed E-state index contributed by atoms with van der Waals surface area (Å²) in [5.41, 5.74) is 0.561. The van der Waals surface area contributed by atoms with Crippen LogP contribution < -0.4 is 0 Å². The molecule has 0 aliphatic rings. The van der Waals surface area contributed by atoms with Crippen LogP contribution in [0.2, 0.25) is 5.02 Å². The highest BCUT2D eigenvalue weighted by molar-refractivity contribution is 6.30. The molecule has 1 aromatic heterocycles. The fourth-order valence-corrected chi connectivity index (χ4v) is 2.07. The van der Waals surface area contributed by atoms with Crippen molar-refractivity contribution in [3.8, 4) is 0 Å². The fraction of sp³-hybridized carbons (Fsp3) is 0.182. The number of aromatic nitrogens is 2. The van der Waals surface area contributed by atoms with Gasteiger partial charge in [0.25, 0.3) is 5.69 Å². The highest BCUT2D eigenvalue weighted by Crippen LogP contribution is 2.24. The van der Waals surface area contributed by atoms with E-state index in [4.69, 9.17) is 23.2 Å². The normalized spacial score (nSPS) is 10.6. The summed E-state index contributed by atoms with van der Waals surface area (Å²) in [6.07, 6.45) is 3.33. The summed E-state index contributed by atoms with van der Waals surface area (Å²) in [5.74, 6) is 0.910. The Kier molecular flexibility index (Phi) is 3.84. The minimum Gasteiger partial charge on any atom is -0.329 e. The van der Waals surface area contributed by atoms with Crippen molar-refractivity contribution in [2.24, 2.45) is 0 Å². The molecule has 0 amide bonds. The molecular weight excluding hydrogens is 277 g/mol. The van der Waals surface area contributed by atoms with E-state index >= 15 is 0 Å². The largest absolute Gasteiger partial charge is 0.329 e. The molecular formula is C11H9Cl2N3O2. The second-order valence-electron chi connectivity index (χ2n) is 3.64. The van der Waals surface area contributed by atoms with Gasteiger partial charge in [-0.3, -0.25) is 10.1 Å². The number of halogens is 2. The second-order valence-corrected chi connectivity index (χ2v) is 4.34. The van der Waals surface area contributed by atoms with Crippen molar-refractivity contribution in [2.75, 3.05) is 0 Å². The number of hydrogen-bond donors (Lipinski definition) is 0. The molecule has 18 heavy (non-hydrogen) atoms. The van der Waals surface area contributed by atoms with Crippen LogP contribution in [0.15, 0.2) is 30.6 Å². The van der Waals surface area contributed by atoms with Crippen molar-refractivity contribution in [1.82, 2.24) is 9.55 Å². The average Bonchev–Trinajstić information content (AvgIpc) is 2.76. The molecule has 2 rings (SSSR count). The van der Waals surface area contributed by atoms with E-state index in [1.807, 2.05) is 0 Å². The fourth-order valence-electron chi connectivity index (χ4n) is 1.66. The maximum absolute atomic E-state index is 10.9. The predicted molar refractivity (Wildman–Crippen MR) is 69.0 cm³/mol. The quantitative estimate of drug-likeness (QED) is 0.492. The standard InChI is InChI=1S/C11H9Cl2N3O2/c12-6-11-14-3-4-15(11)7-8-5-9(13)1-2-10(8)16(17)18/h1-5H,6-7H2. The average molecular weight is 286 g/mol. The summed E-state index contributed by atoms with van der Waals surface area (Å²) in [6.45, 7) is 0.318. The SMILES string of the molecule is O=[N+]([O-])c1ccc(Cl)cc1Cn1ccnc1CCl. The maximum Gasteiger partial charge on any atom is 0.274 e. The molecule has 0 aliphatic carbocycles. The van der Waals surface area contributed by atoms with Gasteiger partial charge < -0.3 is 4.57 Å². The van der Waals surface area contributed by atoms with Crippen LogP contribution in [-0.4, -0.2) is 14.5 Å². The van der Waals surface area contributed by atoms with Crippen molar-refractivity contribution in [3.63, 3.8) is 0 Å². The lowest BCUT2D eigenvalue weighted by Gasteiger charge is -2.07. The first-order valence-corrected chi connectivity index (χ1v) is 6.02. The van der Waals surface area contributed by atoms with E-state index in [0.29, 0.717) is 23.0 Å². The van der Waals surface area contributed by atoms with Gasteiger partial charge in [0.05, 0.1) is 22.9 Å². The Balaban J connectivity index is 2.39. The van der Waals surface area contributed by atoms with Crippen LogP contribution >= 0.6 is 23.2 Å². The lowest BCUT2D eigenvalue weighted by Crippen LogP contribution is -2.05. The van der Waals surface area contributed by atoms with Crippen LogP contribution in [0.1, 0.15) is 11.4 Å². The Labute approximate surface area is 113 Å². The molecule has 0 unspecified atom stereocenters. The molecule has 0 aliphatic heterocycles. The van der Waals surface area contributed by atoms with Crippen LogP contribution in [0.4, 0.5) is 5.69 Å². The van der Waals surface area contributed by atoms with Crippen molar-refractivity contribution < 1.29 is 4.92 Å². The molecule has 0 bridgehead atoms. The summed E-state index contributed by atoms with van der Waals surface area (Å²) >= 11 is 11.6. The maximum atomic E-state index is 10.9. The zero-order valence-corrected chi connectivity index (χ0v) is 10.7. The number of hydrogen-bond acceptors (Lipinski definition) is 3. The van der Waals surface area contributed by atoms with Gasteiger partial charge >= 0.3 is 0 Å². The van der Waals surface area contributed by atoms with Gasteiger partial charge in [0.2, 0.25) is 0 Å². The van der Waals surface area contributed by atoms with Crippen LogP contribution in [0.25, 0.3) is 0 Å². The number of rotatable bonds is 4. The highest BCUT2D eigenvalue weighted by Gasteiger charge is 2.15. The molecule has 0 spiro atoms. The number of imidazole rings is 1. The first-order chi connectivity index (χ1) is 8.61. The molecule has 0 fully saturated rings. The number of benzene rings is 1.